The maximum atomic E-state index is 5.57. The molecule has 94 valence electrons. The van der Waals surface area contributed by atoms with Gasteiger partial charge in [-0.05, 0) is 46.1 Å². The Labute approximate surface area is 99.5 Å². The van der Waals surface area contributed by atoms with E-state index in [1.807, 2.05) is 0 Å². The van der Waals surface area contributed by atoms with Gasteiger partial charge < -0.3 is 10.1 Å². The second kappa shape index (κ2) is 5.99. The predicted octanol–water partition coefficient (Wildman–Crippen LogP) is 1.63. The summed E-state index contributed by atoms with van der Waals surface area (Å²) in [6.45, 7) is 8.86. The fraction of sp³-hybridized carbons (Fsp3) is 1.00. The van der Waals surface area contributed by atoms with E-state index in [1.54, 1.807) is 0 Å². The molecule has 3 nitrogen and oxygen atoms in total. The van der Waals surface area contributed by atoms with Gasteiger partial charge in [0.05, 0.1) is 12.7 Å². The van der Waals surface area contributed by atoms with Crippen molar-refractivity contribution in [1.82, 2.24) is 10.2 Å². The molecule has 1 aliphatic heterocycles. The Kier molecular flexibility index (Phi) is 4.62. The quantitative estimate of drug-likeness (QED) is 0.697. The summed E-state index contributed by atoms with van der Waals surface area (Å²) in [6, 6.07) is 1.58. The average Bonchev–Trinajstić information content (AvgIpc) is 3.08. The maximum absolute atomic E-state index is 5.57. The van der Waals surface area contributed by atoms with Crippen LogP contribution in [0.15, 0.2) is 0 Å². The van der Waals surface area contributed by atoms with Crippen LogP contribution in [0.4, 0.5) is 0 Å². The molecule has 0 aromatic carbocycles. The van der Waals surface area contributed by atoms with Gasteiger partial charge in [0, 0.05) is 25.2 Å². The molecule has 1 aliphatic carbocycles. The molecule has 0 aromatic heterocycles. The van der Waals surface area contributed by atoms with Crippen molar-refractivity contribution in [3.05, 3.63) is 0 Å². The molecule has 2 rings (SSSR count). The standard InChI is InChI=1S/C13H26N2O/c1-11(4-3-7-14-13-5-6-13)15-8-9-16-12(2)10-15/h11-14H,3-10H2,1-2H3. The van der Waals surface area contributed by atoms with Crippen LogP contribution in [-0.2, 0) is 4.74 Å². The first-order valence-corrected chi connectivity index (χ1v) is 6.84. The van der Waals surface area contributed by atoms with Crippen LogP contribution in [0.25, 0.3) is 0 Å². The van der Waals surface area contributed by atoms with E-state index in [-0.39, 0.29) is 0 Å². The first kappa shape index (κ1) is 12.3. The molecule has 0 aromatic rings. The topological polar surface area (TPSA) is 24.5 Å². The summed E-state index contributed by atoms with van der Waals surface area (Å²) < 4.78 is 5.57. The van der Waals surface area contributed by atoms with E-state index in [1.165, 1.54) is 32.2 Å². The second-order valence-electron chi connectivity index (χ2n) is 5.40. The molecule has 0 bridgehead atoms. The normalized spacial score (nSPS) is 29.2. The molecule has 2 atom stereocenters. The van der Waals surface area contributed by atoms with Gasteiger partial charge in [0.25, 0.3) is 0 Å². The Morgan fingerprint density at radius 3 is 2.94 bits per heavy atom. The monoisotopic (exact) mass is 226 g/mol. The number of ether oxygens (including phenoxy) is 1. The highest BCUT2D eigenvalue weighted by Crippen LogP contribution is 2.18. The maximum Gasteiger partial charge on any atom is 0.0674 e. The Hall–Kier alpha value is -0.120. The first-order valence-electron chi connectivity index (χ1n) is 6.84. The highest BCUT2D eigenvalue weighted by Gasteiger charge is 2.22. The van der Waals surface area contributed by atoms with Gasteiger partial charge >= 0.3 is 0 Å². The van der Waals surface area contributed by atoms with Gasteiger partial charge in [-0.25, -0.2) is 0 Å². The molecule has 16 heavy (non-hydrogen) atoms. The van der Waals surface area contributed by atoms with Gasteiger partial charge in [-0.3, -0.25) is 4.90 Å². The van der Waals surface area contributed by atoms with Crippen molar-refractivity contribution in [1.29, 1.82) is 0 Å². The largest absolute Gasteiger partial charge is 0.376 e. The van der Waals surface area contributed by atoms with Gasteiger partial charge in [0.15, 0.2) is 0 Å². The van der Waals surface area contributed by atoms with Gasteiger partial charge in [0.2, 0.25) is 0 Å². The van der Waals surface area contributed by atoms with Crippen LogP contribution < -0.4 is 5.32 Å². The van der Waals surface area contributed by atoms with Crippen LogP contribution in [0.1, 0.15) is 39.5 Å². The van der Waals surface area contributed by atoms with E-state index in [0.717, 1.165) is 25.7 Å². The van der Waals surface area contributed by atoms with Gasteiger partial charge in [-0.2, -0.15) is 0 Å². The van der Waals surface area contributed by atoms with Gasteiger partial charge in [-0.15, -0.1) is 0 Å². The van der Waals surface area contributed by atoms with Crippen molar-refractivity contribution in [3.8, 4) is 0 Å². The molecular formula is C13H26N2O. The number of rotatable bonds is 6. The zero-order valence-corrected chi connectivity index (χ0v) is 10.7. The van der Waals surface area contributed by atoms with Crippen LogP contribution in [-0.4, -0.2) is 49.3 Å². The van der Waals surface area contributed by atoms with Gasteiger partial charge in [0.1, 0.15) is 0 Å². The van der Waals surface area contributed by atoms with Crippen LogP contribution >= 0.6 is 0 Å². The van der Waals surface area contributed by atoms with Crippen molar-refractivity contribution in [2.75, 3.05) is 26.2 Å². The van der Waals surface area contributed by atoms with E-state index in [9.17, 15) is 0 Å². The molecule has 2 unspecified atom stereocenters. The summed E-state index contributed by atoms with van der Waals surface area (Å²) in [6.07, 6.45) is 5.84. The summed E-state index contributed by atoms with van der Waals surface area (Å²) in [5, 5.41) is 3.58. The molecule has 1 saturated heterocycles. The lowest BCUT2D eigenvalue weighted by Crippen LogP contribution is -2.45. The third kappa shape index (κ3) is 4.04. The minimum atomic E-state index is 0.417. The summed E-state index contributed by atoms with van der Waals surface area (Å²) in [5.74, 6) is 0. The minimum Gasteiger partial charge on any atom is -0.376 e. The van der Waals surface area contributed by atoms with Crippen LogP contribution in [0.3, 0.4) is 0 Å². The third-order valence-corrected chi connectivity index (χ3v) is 3.70. The molecule has 2 aliphatic rings. The Balaban J connectivity index is 1.56. The smallest absolute Gasteiger partial charge is 0.0674 e. The molecule has 0 radical (unpaired) electrons. The van der Waals surface area contributed by atoms with Gasteiger partial charge in [-0.1, -0.05) is 0 Å². The van der Waals surface area contributed by atoms with Crippen molar-refractivity contribution in [2.45, 2.75) is 57.7 Å². The number of nitrogens with zero attached hydrogens (tertiary/aromatic N) is 1. The Bertz CT molecular complexity index is 206. The number of nitrogens with one attached hydrogen (secondary N) is 1. The lowest BCUT2D eigenvalue weighted by molar-refractivity contribution is -0.0326. The van der Waals surface area contributed by atoms with Crippen molar-refractivity contribution in [2.24, 2.45) is 0 Å². The molecular weight excluding hydrogens is 200 g/mol. The summed E-state index contributed by atoms with van der Waals surface area (Å²) in [5.41, 5.74) is 0. The van der Waals surface area contributed by atoms with E-state index >= 15 is 0 Å². The summed E-state index contributed by atoms with van der Waals surface area (Å²) in [4.78, 5) is 2.57. The third-order valence-electron chi connectivity index (χ3n) is 3.70. The lowest BCUT2D eigenvalue weighted by Gasteiger charge is -2.35. The highest BCUT2D eigenvalue weighted by molar-refractivity contribution is 4.81. The fourth-order valence-corrected chi connectivity index (χ4v) is 2.42. The zero-order valence-electron chi connectivity index (χ0n) is 10.7. The van der Waals surface area contributed by atoms with Crippen LogP contribution in [0.5, 0.6) is 0 Å². The molecule has 2 fully saturated rings. The van der Waals surface area contributed by atoms with Crippen molar-refractivity contribution in [3.63, 3.8) is 0 Å². The van der Waals surface area contributed by atoms with E-state index in [0.29, 0.717) is 12.1 Å². The lowest BCUT2D eigenvalue weighted by atomic mass is 10.1. The SMILES string of the molecule is CC1CN(C(C)CCCNC2CC2)CCO1. The molecule has 1 N–H and O–H groups in total. The molecule has 0 spiro atoms. The zero-order chi connectivity index (χ0) is 11.4. The molecule has 1 heterocycles. The minimum absolute atomic E-state index is 0.417. The summed E-state index contributed by atoms with van der Waals surface area (Å²) >= 11 is 0. The van der Waals surface area contributed by atoms with E-state index < -0.39 is 0 Å². The second-order valence-corrected chi connectivity index (χ2v) is 5.40. The Morgan fingerprint density at radius 2 is 2.25 bits per heavy atom. The van der Waals surface area contributed by atoms with Crippen molar-refractivity contribution >= 4 is 0 Å². The predicted molar refractivity (Wildman–Crippen MR) is 66.7 cm³/mol. The fourth-order valence-electron chi connectivity index (χ4n) is 2.42. The van der Waals surface area contributed by atoms with Crippen LogP contribution in [0.2, 0.25) is 0 Å². The van der Waals surface area contributed by atoms with E-state index in [2.05, 4.69) is 24.1 Å². The molecule has 0 amide bonds. The number of morpholine rings is 1. The van der Waals surface area contributed by atoms with Crippen LogP contribution in [0, 0.1) is 0 Å². The highest BCUT2D eigenvalue weighted by atomic mass is 16.5. The summed E-state index contributed by atoms with van der Waals surface area (Å²) in [7, 11) is 0. The first-order chi connectivity index (χ1) is 7.75. The molecule has 1 saturated carbocycles. The number of hydrogen-bond donors (Lipinski definition) is 1. The average molecular weight is 226 g/mol. The Morgan fingerprint density at radius 1 is 1.44 bits per heavy atom. The van der Waals surface area contributed by atoms with Crippen molar-refractivity contribution < 1.29 is 4.74 Å². The molecule has 3 heteroatoms. The van der Waals surface area contributed by atoms with E-state index in [4.69, 9.17) is 4.74 Å². The number of hydrogen-bond acceptors (Lipinski definition) is 3.